The molecule has 0 amide bonds. The Kier molecular flexibility index (Phi) is 3.37. The molecule has 15 heavy (non-hydrogen) atoms. The van der Waals surface area contributed by atoms with Crippen LogP contribution in [0.25, 0.3) is 0 Å². The minimum absolute atomic E-state index is 0.00255. The van der Waals surface area contributed by atoms with Crippen LogP contribution >= 0.6 is 0 Å². The lowest BCUT2D eigenvalue weighted by Crippen LogP contribution is -2.12. The molecule has 0 aliphatic carbocycles. The van der Waals surface area contributed by atoms with Crippen LogP contribution in [0.1, 0.15) is 11.1 Å². The number of nitro benzene ring substituents is 1. The van der Waals surface area contributed by atoms with Gasteiger partial charge in [-0.15, -0.1) is 0 Å². The Bertz CT molecular complexity index is 421. The topological polar surface area (TPSA) is 70.2 Å². The van der Waals surface area contributed by atoms with Crippen molar-refractivity contribution in [3.8, 4) is 6.07 Å². The van der Waals surface area contributed by atoms with E-state index in [1.165, 1.54) is 6.07 Å². The van der Waals surface area contributed by atoms with Gasteiger partial charge in [-0.1, -0.05) is 0 Å². The quantitative estimate of drug-likeness (QED) is 0.554. The van der Waals surface area contributed by atoms with Crippen molar-refractivity contribution in [2.75, 3.05) is 14.1 Å². The standard InChI is InChI=1S/C10H11N3O2/c1-12(2)7-9-4-3-8(6-11)5-10(9)13(14)15/h3-5H,7H2,1-2H3. The molecule has 0 bridgehead atoms. The summed E-state index contributed by atoms with van der Waals surface area (Å²) in [4.78, 5) is 12.1. The van der Waals surface area contributed by atoms with Crippen molar-refractivity contribution < 1.29 is 4.92 Å². The fraction of sp³-hybridized carbons (Fsp3) is 0.300. The number of nitro groups is 1. The van der Waals surface area contributed by atoms with Crippen molar-refractivity contribution in [2.24, 2.45) is 0 Å². The number of rotatable bonds is 3. The van der Waals surface area contributed by atoms with Gasteiger partial charge in [0.2, 0.25) is 0 Å². The third-order valence-electron chi connectivity index (χ3n) is 1.90. The summed E-state index contributed by atoms with van der Waals surface area (Å²) in [6.07, 6.45) is 0. The highest BCUT2D eigenvalue weighted by Gasteiger charge is 2.14. The molecule has 0 spiro atoms. The molecule has 1 aromatic rings. The molecule has 0 aromatic heterocycles. The third-order valence-corrected chi connectivity index (χ3v) is 1.90. The summed E-state index contributed by atoms with van der Waals surface area (Å²) in [6.45, 7) is 0.488. The van der Waals surface area contributed by atoms with Gasteiger partial charge in [0.25, 0.3) is 5.69 Å². The molecule has 1 rings (SSSR count). The molecule has 0 aliphatic heterocycles. The molecule has 0 saturated heterocycles. The number of hydrogen-bond donors (Lipinski definition) is 0. The van der Waals surface area contributed by atoms with E-state index in [0.717, 1.165) is 0 Å². The van der Waals surface area contributed by atoms with E-state index in [0.29, 0.717) is 17.7 Å². The highest BCUT2D eigenvalue weighted by atomic mass is 16.6. The molecule has 0 saturated carbocycles. The van der Waals surface area contributed by atoms with Crippen molar-refractivity contribution in [3.63, 3.8) is 0 Å². The Morgan fingerprint density at radius 2 is 2.20 bits per heavy atom. The van der Waals surface area contributed by atoms with E-state index >= 15 is 0 Å². The Balaban J connectivity index is 3.16. The van der Waals surface area contributed by atoms with Gasteiger partial charge in [-0.25, -0.2) is 0 Å². The summed E-state index contributed by atoms with van der Waals surface area (Å²) in [5, 5.41) is 19.4. The summed E-state index contributed by atoms with van der Waals surface area (Å²) in [6, 6.07) is 6.40. The molecule has 78 valence electrons. The summed E-state index contributed by atoms with van der Waals surface area (Å²) in [5.74, 6) is 0. The second-order valence-electron chi connectivity index (χ2n) is 3.45. The fourth-order valence-corrected chi connectivity index (χ4v) is 1.28. The van der Waals surface area contributed by atoms with E-state index in [-0.39, 0.29) is 5.69 Å². The molecule has 5 heteroatoms. The van der Waals surface area contributed by atoms with Gasteiger partial charge >= 0.3 is 0 Å². The Labute approximate surface area is 87.7 Å². The van der Waals surface area contributed by atoms with E-state index in [1.54, 1.807) is 12.1 Å². The first-order chi connectivity index (χ1) is 7.04. The molecule has 0 radical (unpaired) electrons. The maximum atomic E-state index is 10.7. The second-order valence-corrected chi connectivity index (χ2v) is 3.45. The van der Waals surface area contributed by atoms with Crippen molar-refractivity contribution in [3.05, 3.63) is 39.4 Å². The lowest BCUT2D eigenvalue weighted by Gasteiger charge is -2.09. The predicted octanol–water partition coefficient (Wildman–Crippen LogP) is 1.53. The van der Waals surface area contributed by atoms with Crippen LogP contribution < -0.4 is 0 Å². The van der Waals surface area contributed by atoms with Crippen molar-refractivity contribution in [2.45, 2.75) is 6.54 Å². The summed E-state index contributed by atoms with van der Waals surface area (Å²) in [5.41, 5.74) is 0.927. The molecule has 1 aromatic carbocycles. The maximum Gasteiger partial charge on any atom is 0.275 e. The minimum Gasteiger partial charge on any atom is -0.305 e. The molecule has 0 unspecified atom stereocenters. The zero-order chi connectivity index (χ0) is 11.4. The molecule has 0 aliphatic rings. The van der Waals surface area contributed by atoms with E-state index < -0.39 is 4.92 Å². The summed E-state index contributed by atoms with van der Waals surface area (Å²) < 4.78 is 0. The molecule has 0 atom stereocenters. The third kappa shape index (κ3) is 2.76. The number of nitriles is 1. The van der Waals surface area contributed by atoms with Gasteiger partial charge in [-0.3, -0.25) is 10.1 Å². The maximum absolute atomic E-state index is 10.7. The Morgan fingerprint density at radius 1 is 1.53 bits per heavy atom. The van der Waals surface area contributed by atoms with Crippen molar-refractivity contribution >= 4 is 5.69 Å². The van der Waals surface area contributed by atoms with Gasteiger partial charge in [0.1, 0.15) is 0 Å². The molecule has 0 N–H and O–H groups in total. The highest BCUT2D eigenvalue weighted by Crippen LogP contribution is 2.20. The van der Waals surface area contributed by atoms with Crippen LogP contribution in [-0.4, -0.2) is 23.9 Å². The fourth-order valence-electron chi connectivity index (χ4n) is 1.28. The van der Waals surface area contributed by atoms with Crippen molar-refractivity contribution in [1.29, 1.82) is 5.26 Å². The van der Waals surface area contributed by atoms with Crippen LogP contribution in [0.2, 0.25) is 0 Å². The first-order valence-corrected chi connectivity index (χ1v) is 4.36. The van der Waals surface area contributed by atoms with Gasteiger partial charge in [0.05, 0.1) is 16.6 Å². The van der Waals surface area contributed by atoms with E-state index in [1.807, 2.05) is 25.1 Å². The molecule has 0 heterocycles. The van der Waals surface area contributed by atoms with Crippen LogP contribution in [0.5, 0.6) is 0 Å². The van der Waals surface area contributed by atoms with Crippen LogP contribution in [-0.2, 0) is 6.54 Å². The Hall–Kier alpha value is -1.93. The molecular formula is C10H11N3O2. The van der Waals surface area contributed by atoms with Crippen molar-refractivity contribution in [1.82, 2.24) is 4.90 Å². The van der Waals surface area contributed by atoms with E-state index in [2.05, 4.69) is 0 Å². The number of nitrogens with zero attached hydrogens (tertiary/aromatic N) is 3. The summed E-state index contributed by atoms with van der Waals surface area (Å²) in [7, 11) is 3.67. The van der Waals surface area contributed by atoms with Gasteiger partial charge in [-0.05, 0) is 26.2 Å². The van der Waals surface area contributed by atoms with Gasteiger partial charge in [0.15, 0.2) is 0 Å². The lowest BCUT2D eigenvalue weighted by molar-refractivity contribution is -0.385. The zero-order valence-electron chi connectivity index (χ0n) is 8.60. The zero-order valence-corrected chi connectivity index (χ0v) is 8.60. The normalized spacial score (nSPS) is 10.0. The molecule has 5 nitrogen and oxygen atoms in total. The molecule has 0 fully saturated rings. The first kappa shape index (κ1) is 11.1. The average Bonchev–Trinajstić information content (AvgIpc) is 2.17. The van der Waals surface area contributed by atoms with Crippen LogP contribution in [0.15, 0.2) is 18.2 Å². The Morgan fingerprint density at radius 3 is 2.67 bits per heavy atom. The molecular weight excluding hydrogens is 194 g/mol. The SMILES string of the molecule is CN(C)Cc1ccc(C#N)cc1[N+](=O)[O-]. The number of hydrogen-bond acceptors (Lipinski definition) is 4. The summed E-state index contributed by atoms with van der Waals surface area (Å²) >= 11 is 0. The monoisotopic (exact) mass is 205 g/mol. The van der Waals surface area contributed by atoms with E-state index in [9.17, 15) is 10.1 Å². The van der Waals surface area contributed by atoms with Gasteiger partial charge in [0, 0.05) is 18.2 Å². The second kappa shape index (κ2) is 4.53. The van der Waals surface area contributed by atoms with Crippen LogP contribution in [0, 0.1) is 21.4 Å². The number of benzene rings is 1. The van der Waals surface area contributed by atoms with Crippen LogP contribution in [0.3, 0.4) is 0 Å². The van der Waals surface area contributed by atoms with E-state index in [4.69, 9.17) is 5.26 Å². The first-order valence-electron chi connectivity index (χ1n) is 4.36. The predicted molar refractivity (Wildman–Crippen MR) is 55.2 cm³/mol. The average molecular weight is 205 g/mol. The van der Waals surface area contributed by atoms with Gasteiger partial charge in [-0.2, -0.15) is 5.26 Å². The highest BCUT2D eigenvalue weighted by molar-refractivity contribution is 5.47. The van der Waals surface area contributed by atoms with Gasteiger partial charge < -0.3 is 4.90 Å². The smallest absolute Gasteiger partial charge is 0.275 e. The minimum atomic E-state index is -0.459. The lowest BCUT2D eigenvalue weighted by atomic mass is 10.1. The van der Waals surface area contributed by atoms with Crippen LogP contribution in [0.4, 0.5) is 5.69 Å². The largest absolute Gasteiger partial charge is 0.305 e.